The number of hydrogen-bond donors (Lipinski definition) is 1. The van der Waals surface area contributed by atoms with Crippen LogP contribution in [0.25, 0.3) is 0 Å². The highest BCUT2D eigenvalue weighted by atomic mass is 79.9. The Morgan fingerprint density at radius 3 is 3.08 bits per heavy atom. The van der Waals surface area contributed by atoms with E-state index in [2.05, 4.69) is 46.4 Å². The molecule has 0 aromatic heterocycles. The van der Waals surface area contributed by atoms with E-state index in [1.165, 1.54) is 15.6 Å². The lowest BCUT2D eigenvalue weighted by Gasteiger charge is -2.09. The van der Waals surface area contributed by atoms with E-state index in [1.807, 2.05) is 0 Å². The van der Waals surface area contributed by atoms with Crippen molar-refractivity contribution in [3.05, 3.63) is 33.8 Å². The lowest BCUT2D eigenvalue weighted by Crippen LogP contribution is -2.27. The second kappa shape index (κ2) is 3.81. The highest BCUT2D eigenvalue weighted by Gasteiger charge is 2.11. The summed E-state index contributed by atoms with van der Waals surface area (Å²) in [5, 5.41) is 3.50. The van der Waals surface area contributed by atoms with E-state index in [0.29, 0.717) is 6.04 Å². The van der Waals surface area contributed by atoms with Gasteiger partial charge >= 0.3 is 0 Å². The standard InChI is InChI=1S/C11H14BrN/c1-8-6-9-2-3-11(12)7-10(9)4-5-13-8/h2-3,7-8,13H,4-6H2,1H3. The molecule has 0 amide bonds. The van der Waals surface area contributed by atoms with Crippen LogP contribution in [0.5, 0.6) is 0 Å². The van der Waals surface area contributed by atoms with Gasteiger partial charge in [-0.25, -0.2) is 0 Å². The molecule has 0 spiro atoms. The van der Waals surface area contributed by atoms with Gasteiger partial charge in [-0.1, -0.05) is 22.0 Å². The molecule has 0 bridgehead atoms. The van der Waals surface area contributed by atoms with Gasteiger partial charge in [0.1, 0.15) is 0 Å². The summed E-state index contributed by atoms with van der Waals surface area (Å²) in [6.45, 7) is 3.35. The first-order chi connectivity index (χ1) is 6.25. The predicted octanol–water partition coefficient (Wildman–Crippen LogP) is 2.53. The summed E-state index contributed by atoms with van der Waals surface area (Å²) in [5.74, 6) is 0. The first-order valence-electron chi connectivity index (χ1n) is 4.76. The average Bonchev–Trinajstić information content (AvgIpc) is 2.25. The van der Waals surface area contributed by atoms with Gasteiger partial charge in [-0.05, 0) is 49.6 Å². The van der Waals surface area contributed by atoms with Crippen molar-refractivity contribution in [2.24, 2.45) is 0 Å². The lowest BCUT2D eigenvalue weighted by atomic mass is 10.0. The molecular formula is C11H14BrN. The van der Waals surface area contributed by atoms with E-state index in [1.54, 1.807) is 0 Å². The molecule has 0 saturated carbocycles. The molecule has 13 heavy (non-hydrogen) atoms. The summed E-state index contributed by atoms with van der Waals surface area (Å²) < 4.78 is 1.20. The van der Waals surface area contributed by atoms with Gasteiger partial charge in [-0.15, -0.1) is 0 Å². The third kappa shape index (κ3) is 2.12. The van der Waals surface area contributed by atoms with Gasteiger partial charge in [0.15, 0.2) is 0 Å². The fourth-order valence-corrected chi connectivity index (χ4v) is 2.29. The van der Waals surface area contributed by atoms with Crippen molar-refractivity contribution in [1.29, 1.82) is 0 Å². The van der Waals surface area contributed by atoms with Crippen LogP contribution in [0.3, 0.4) is 0 Å². The van der Waals surface area contributed by atoms with Gasteiger partial charge in [-0.2, -0.15) is 0 Å². The first-order valence-corrected chi connectivity index (χ1v) is 5.55. The Hall–Kier alpha value is -0.340. The molecule has 2 rings (SSSR count). The van der Waals surface area contributed by atoms with Crippen molar-refractivity contribution >= 4 is 15.9 Å². The number of fused-ring (bicyclic) bond motifs is 1. The quantitative estimate of drug-likeness (QED) is 0.734. The maximum atomic E-state index is 3.51. The minimum Gasteiger partial charge on any atom is -0.314 e. The van der Waals surface area contributed by atoms with Gasteiger partial charge < -0.3 is 5.32 Å². The Balaban J connectivity index is 2.34. The highest BCUT2D eigenvalue weighted by Crippen LogP contribution is 2.20. The zero-order chi connectivity index (χ0) is 9.26. The van der Waals surface area contributed by atoms with Crippen molar-refractivity contribution in [2.75, 3.05) is 6.54 Å². The molecule has 1 heterocycles. The van der Waals surface area contributed by atoms with E-state index in [4.69, 9.17) is 0 Å². The molecule has 1 unspecified atom stereocenters. The van der Waals surface area contributed by atoms with Crippen LogP contribution in [0.4, 0.5) is 0 Å². The summed E-state index contributed by atoms with van der Waals surface area (Å²) in [6.07, 6.45) is 2.31. The van der Waals surface area contributed by atoms with Crippen molar-refractivity contribution in [1.82, 2.24) is 5.32 Å². The molecule has 1 aromatic rings. The van der Waals surface area contributed by atoms with E-state index in [9.17, 15) is 0 Å². The molecule has 2 heteroatoms. The van der Waals surface area contributed by atoms with Crippen molar-refractivity contribution in [3.63, 3.8) is 0 Å². The van der Waals surface area contributed by atoms with Gasteiger partial charge in [0.05, 0.1) is 0 Å². The molecule has 0 aliphatic carbocycles. The highest BCUT2D eigenvalue weighted by molar-refractivity contribution is 9.10. The molecule has 1 N–H and O–H groups in total. The van der Waals surface area contributed by atoms with E-state index >= 15 is 0 Å². The monoisotopic (exact) mass is 239 g/mol. The minimum absolute atomic E-state index is 0.613. The van der Waals surface area contributed by atoms with E-state index < -0.39 is 0 Å². The van der Waals surface area contributed by atoms with E-state index in [-0.39, 0.29) is 0 Å². The number of nitrogens with one attached hydrogen (secondary N) is 1. The zero-order valence-electron chi connectivity index (χ0n) is 7.81. The third-order valence-corrected chi connectivity index (χ3v) is 3.07. The maximum Gasteiger partial charge on any atom is 0.0178 e. The Morgan fingerprint density at radius 2 is 2.23 bits per heavy atom. The summed E-state index contributed by atoms with van der Waals surface area (Å²) >= 11 is 3.51. The summed E-state index contributed by atoms with van der Waals surface area (Å²) in [6, 6.07) is 7.23. The number of benzene rings is 1. The fraction of sp³-hybridized carbons (Fsp3) is 0.455. The third-order valence-electron chi connectivity index (χ3n) is 2.58. The second-order valence-electron chi connectivity index (χ2n) is 3.72. The van der Waals surface area contributed by atoms with Crippen molar-refractivity contribution in [2.45, 2.75) is 25.8 Å². The van der Waals surface area contributed by atoms with Crippen LogP contribution < -0.4 is 5.32 Å². The van der Waals surface area contributed by atoms with Crippen molar-refractivity contribution in [3.8, 4) is 0 Å². The largest absolute Gasteiger partial charge is 0.314 e. The van der Waals surface area contributed by atoms with Gasteiger partial charge in [0.25, 0.3) is 0 Å². The van der Waals surface area contributed by atoms with Crippen LogP contribution >= 0.6 is 15.9 Å². The Morgan fingerprint density at radius 1 is 1.38 bits per heavy atom. The molecule has 70 valence electrons. The molecular weight excluding hydrogens is 226 g/mol. The SMILES string of the molecule is CC1Cc2ccc(Br)cc2CCN1. The Labute approximate surface area is 87.7 Å². The first kappa shape index (κ1) is 9.22. The van der Waals surface area contributed by atoms with Crippen LogP contribution in [0, 0.1) is 0 Å². The van der Waals surface area contributed by atoms with Crippen LogP contribution in [-0.2, 0) is 12.8 Å². The Kier molecular flexibility index (Phi) is 2.70. The normalized spacial score (nSPS) is 22.2. The molecule has 1 aromatic carbocycles. The number of hydrogen-bond acceptors (Lipinski definition) is 1. The van der Waals surface area contributed by atoms with Crippen LogP contribution in [0.15, 0.2) is 22.7 Å². The molecule has 1 aliphatic heterocycles. The average molecular weight is 240 g/mol. The van der Waals surface area contributed by atoms with Gasteiger partial charge in [0, 0.05) is 10.5 Å². The second-order valence-corrected chi connectivity index (χ2v) is 4.64. The van der Waals surface area contributed by atoms with Crippen LogP contribution in [0.1, 0.15) is 18.1 Å². The predicted molar refractivity (Wildman–Crippen MR) is 59.0 cm³/mol. The maximum absolute atomic E-state index is 3.51. The molecule has 1 nitrogen and oxygen atoms in total. The smallest absolute Gasteiger partial charge is 0.0178 e. The molecule has 0 fully saturated rings. The van der Waals surface area contributed by atoms with Crippen molar-refractivity contribution < 1.29 is 0 Å². The molecule has 0 saturated heterocycles. The molecule has 0 radical (unpaired) electrons. The lowest BCUT2D eigenvalue weighted by molar-refractivity contribution is 0.568. The summed E-state index contributed by atoms with van der Waals surface area (Å²) in [4.78, 5) is 0. The number of halogens is 1. The van der Waals surface area contributed by atoms with Crippen LogP contribution in [0.2, 0.25) is 0 Å². The van der Waals surface area contributed by atoms with Gasteiger partial charge in [0.2, 0.25) is 0 Å². The summed E-state index contributed by atoms with van der Waals surface area (Å²) in [5.41, 5.74) is 2.99. The minimum atomic E-state index is 0.613. The summed E-state index contributed by atoms with van der Waals surface area (Å²) in [7, 11) is 0. The number of rotatable bonds is 0. The zero-order valence-corrected chi connectivity index (χ0v) is 9.39. The Bertz CT molecular complexity index is 309. The fourth-order valence-electron chi connectivity index (χ4n) is 1.88. The van der Waals surface area contributed by atoms with Crippen LogP contribution in [-0.4, -0.2) is 12.6 Å². The topological polar surface area (TPSA) is 12.0 Å². The van der Waals surface area contributed by atoms with E-state index in [0.717, 1.165) is 19.4 Å². The molecule has 1 atom stereocenters. The van der Waals surface area contributed by atoms with Gasteiger partial charge in [-0.3, -0.25) is 0 Å². The molecule has 1 aliphatic rings.